The van der Waals surface area contributed by atoms with Gasteiger partial charge in [-0.1, -0.05) is 13.3 Å². The summed E-state index contributed by atoms with van der Waals surface area (Å²) in [6, 6.07) is 0.135. The van der Waals surface area contributed by atoms with Crippen molar-refractivity contribution in [3.05, 3.63) is 17.0 Å². The molecule has 1 aromatic heterocycles. The Morgan fingerprint density at radius 3 is 2.92 bits per heavy atom. The summed E-state index contributed by atoms with van der Waals surface area (Å²) in [5.74, 6) is -0.103. The van der Waals surface area contributed by atoms with Crippen molar-refractivity contribution in [3.8, 4) is 0 Å². The third kappa shape index (κ3) is 4.38. The number of carbonyl (C=O) groups excluding carboxylic acids is 2. The molecule has 2 atom stereocenters. The summed E-state index contributed by atoms with van der Waals surface area (Å²) in [6.07, 6.45) is 4.61. The van der Waals surface area contributed by atoms with Gasteiger partial charge in [-0.2, -0.15) is 5.10 Å². The van der Waals surface area contributed by atoms with Crippen molar-refractivity contribution in [2.45, 2.75) is 58.5 Å². The summed E-state index contributed by atoms with van der Waals surface area (Å²) in [5.41, 5.74) is 2.56. The fraction of sp³-hybridized carbons (Fsp3) is 0.722. The first-order valence-corrected chi connectivity index (χ1v) is 9.47. The number of aromatic amines is 1. The van der Waals surface area contributed by atoms with E-state index in [0.29, 0.717) is 25.3 Å². The molecule has 3 N–H and O–H groups in total. The number of amides is 2. The fourth-order valence-electron chi connectivity index (χ4n) is 3.67. The number of H-pyrrole nitrogens is 1. The van der Waals surface area contributed by atoms with Crippen LogP contribution >= 0.6 is 12.4 Å². The number of carbonyl (C=O) groups is 2. The molecule has 2 aliphatic rings. The molecule has 2 unspecified atom stereocenters. The molecule has 3 heterocycles. The predicted octanol–water partition coefficient (Wildman–Crippen LogP) is 1.63. The molecular weight excluding hydrogens is 354 g/mol. The van der Waals surface area contributed by atoms with Gasteiger partial charge in [0.15, 0.2) is 5.69 Å². The lowest BCUT2D eigenvalue weighted by Gasteiger charge is -2.37. The summed E-state index contributed by atoms with van der Waals surface area (Å²) in [7, 11) is 0. The lowest BCUT2D eigenvalue weighted by molar-refractivity contribution is -0.126. The minimum Gasteiger partial charge on any atom is -0.356 e. The summed E-state index contributed by atoms with van der Waals surface area (Å²) < 4.78 is 0. The van der Waals surface area contributed by atoms with Crippen LogP contribution in [0.15, 0.2) is 0 Å². The number of fused-ring (bicyclic) bond motifs is 1. The molecule has 0 aliphatic carbocycles. The second kappa shape index (κ2) is 9.37. The Hall–Kier alpha value is -1.60. The molecule has 146 valence electrons. The standard InChI is InChI=1S/C18H29N5O2.ClH/c1-3-4-8-20-17(24)13-6-5-12(2)23(11-13)18(25)16-14-10-19-9-7-15(14)21-22-16;/h12-13,19H,3-11H2,1-2H3,(H,20,24)(H,21,22);1H. The van der Waals surface area contributed by atoms with Crippen molar-refractivity contribution in [1.29, 1.82) is 0 Å². The van der Waals surface area contributed by atoms with Crippen LogP contribution in [0.5, 0.6) is 0 Å². The van der Waals surface area contributed by atoms with E-state index in [1.54, 1.807) is 0 Å². The van der Waals surface area contributed by atoms with E-state index in [1.165, 1.54) is 0 Å². The summed E-state index contributed by atoms with van der Waals surface area (Å²) in [4.78, 5) is 27.3. The van der Waals surface area contributed by atoms with Crippen molar-refractivity contribution in [1.82, 2.24) is 25.7 Å². The highest BCUT2D eigenvalue weighted by Gasteiger charge is 2.35. The van der Waals surface area contributed by atoms with Crippen LogP contribution in [0.1, 0.15) is 61.3 Å². The molecule has 1 saturated heterocycles. The first-order valence-electron chi connectivity index (χ1n) is 9.47. The van der Waals surface area contributed by atoms with Gasteiger partial charge in [0.1, 0.15) is 0 Å². The molecule has 0 radical (unpaired) electrons. The van der Waals surface area contributed by atoms with Crippen molar-refractivity contribution < 1.29 is 9.59 Å². The second-order valence-electron chi connectivity index (χ2n) is 7.18. The fourth-order valence-corrected chi connectivity index (χ4v) is 3.67. The molecule has 2 amide bonds. The minimum absolute atomic E-state index is 0. The van der Waals surface area contributed by atoms with E-state index < -0.39 is 0 Å². The molecule has 7 nitrogen and oxygen atoms in total. The summed E-state index contributed by atoms with van der Waals surface area (Å²) >= 11 is 0. The molecule has 1 fully saturated rings. The Kier molecular flexibility index (Phi) is 7.46. The molecular formula is C18H30ClN5O2. The largest absolute Gasteiger partial charge is 0.356 e. The number of nitrogens with zero attached hydrogens (tertiary/aromatic N) is 2. The van der Waals surface area contributed by atoms with E-state index in [4.69, 9.17) is 0 Å². The number of unbranched alkanes of at least 4 members (excludes halogenated alkanes) is 1. The van der Waals surface area contributed by atoms with Crippen LogP contribution < -0.4 is 10.6 Å². The van der Waals surface area contributed by atoms with Gasteiger partial charge >= 0.3 is 0 Å². The number of hydrogen-bond acceptors (Lipinski definition) is 4. The Morgan fingerprint density at radius 1 is 1.35 bits per heavy atom. The Labute approximate surface area is 161 Å². The zero-order chi connectivity index (χ0) is 17.8. The van der Waals surface area contributed by atoms with Gasteiger partial charge in [-0.15, -0.1) is 12.4 Å². The minimum atomic E-state index is -0.120. The Bertz CT molecular complexity index is 633. The zero-order valence-electron chi connectivity index (χ0n) is 15.6. The maximum Gasteiger partial charge on any atom is 0.274 e. The maximum atomic E-state index is 13.1. The van der Waals surface area contributed by atoms with Gasteiger partial charge in [0.2, 0.25) is 5.91 Å². The van der Waals surface area contributed by atoms with Crippen molar-refractivity contribution >= 4 is 24.2 Å². The van der Waals surface area contributed by atoms with Crippen molar-refractivity contribution in [2.75, 3.05) is 19.6 Å². The van der Waals surface area contributed by atoms with E-state index >= 15 is 0 Å². The van der Waals surface area contributed by atoms with Crippen molar-refractivity contribution in [2.24, 2.45) is 5.92 Å². The first-order chi connectivity index (χ1) is 12.1. The number of halogens is 1. The SMILES string of the molecule is CCCCNC(=O)C1CCC(C)N(C(=O)c2n[nH]c3c2CNCC3)C1.Cl. The van der Waals surface area contributed by atoms with E-state index in [0.717, 1.165) is 49.9 Å². The number of rotatable bonds is 5. The van der Waals surface area contributed by atoms with E-state index in [1.807, 2.05) is 4.90 Å². The van der Waals surface area contributed by atoms with Gasteiger partial charge in [-0.05, 0) is 26.2 Å². The molecule has 3 rings (SSSR count). The predicted molar refractivity (Wildman–Crippen MR) is 102 cm³/mol. The summed E-state index contributed by atoms with van der Waals surface area (Å²) in [6.45, 7) is 6.94. The number of nitrogens with one attached hydrogen (secondary N) is 3. The lowest BCUT2D eigenvalue weighted by Crippen LogP contribution is -2.49. The van der Waals surface area contributed by atoms with E-state index in [9.17, 15) is 9.59 Å². The number of hydrogen-bond donors (Lipinski definition) is 3. The second-order valence-corrected chi connectivity index (χ2v) is 7.18. The molecule has 26 heavy (non-hydrogen) atoms. The van der Waals surface area contributed by atoms with Gasteiger partial charge < -0.3 is 15.5 Å². The van der Waals surface area contributed by atoms with Crippen LogP contribution in [-0.4, -0.2) is 52.6 Å². The Balaban J connectivity index is 0.00000243. The first kappa shape index (κ1) is 20.7. The number of aromatic nitrogens is 2. The van der Waals surface area contributed by atoms with Crippen LogP contribution in [0.2, 0.25) is 0 Å². The highest BCUT2D eigenvalue weighted by Crippen LogP contribution is 2.25. The van der Waals surface area contributed by atoms with Gasteiger partial charge in [0, 0.05) is 49.9 Å². The molecule has 1 aromatic rings. The van der Waals surface area contributed by atoms with Gasteiger partial charge in [-0.25, -0.2) is 0 Å². The Morgan fingerprint density at radius 2 is 2.15 bits per heavy atom. The van der Waals surface area contributed by atoms with Crippen molar-refractivity contribution in [3.63, 3.8) is 0 Å². The quantitative estimate of drug-likeness (QED) is 0.674. The van der Waals surface area contributed by atoms with Gasteiger partial charge in [0.25, 0.3) is 5.91 Å². The van der Waals surface area contributed by atoms with Crippen LogP contribution in [0.3, 0.4) is 0 Å². The van der Waals surface area contributed by atoms with Crippen LogP contribution in [0.4, 0.5) is 0 Å². The van der Waals surface area contributed by atoms with Crippen LogP contribution in [-0.2, 0) is 17.8 Å². The van der Waals surface area contributed by atoms with Crippen LogP contribution in [0.25, 0.3) is 0 Å². The average Bonchev–Trinajstić information content (AvgIpc) is 3.05. The maximum absolute atomic E-state index is 13.1. The lowest BCUT2D eigenvalue weighted by atomic mass is 9.92. The molecule has 8 heteroatoms. The number of piperidine rings is 1. The topological polar surface area (TPSA) is 90.1 Å². The molecule has 0 bridgehead atoms. The monoisotopic (exact) mass is 383 g/mol. The molecule has 2 aliphatic heterocycles. The van der Waals surface area contributed by atoms with Gasteiger partial charge in [-0.3, -0.25) is 14.7 Å². The number of likely N-dealkylation sites (tertiary alicyclic amines) is 1. The third-order valence-corrected chi connectivity index (χ3v) is 5.35. The third-order valence-electron chi connectivity index (χ3n) is 5.35. The smallest absolute Gasteiger partial charge is 0.274 e. The highest BCUT2D eigenvalue weighted by molar-refractivity contribution is 5.94. The van der Waals surface area contributed by atoms with Gasteiger partial charge in [0.05, 0.1) is 5.92 Å². The highest BCUT2D eigenvalue weighted by atomic mass is 35.5. The molecule has 0 saturated carbocycles. The van der Waals surface area contributed by atoms with E-state index in [-0.39, 0.29) is 36.2 Å². The molecule has 0 aromatic carbocycles. The zero-order valence-corrected chi connectivity index (χ0v) is 16.5. The normalized spacial score (nSPS) is 22.3. The van der Waals surface area contributed by atoms with Crippen LogP contribution in [0, 0.1) is 5.92 Å². The summed E-state index contributed by atoms with van der Waals surface area (Å²) in [5, 5.41) is 13.6. The molecule has 0 spiro atoms. The average molecular weight is 384 g/mol. The van der Waals surface area contributed by atoms with E-state index in [2.05, 4.69) is 34.7 Å².